The molecule has 0 radical (unpaired) electrons. The summed E-state index contributed by atoms with van der Waals surface area (Å²) in [7, 11) is 0. The number of rotatable bonds is 7. The molecule has 6 aliphatic heterocycles. The van der Waals surface area contributed by atoms with Gasteiger partial charge in [0.1, 0.15) is 11.3 Å². The van der Waals surface area contributed by atoms with E-state index in [1.165, 1.54) is 45.5 Å². The summed E-state index contributed by atoms with van der Waals surface area (Å²) in [5.74, 6) is 0.348. The Labute approximate surface area is 360 Å². The second kappa shape index (κ2) is 13.0. The molecule has 4 unspecified atom stereocenters. The van der Waals surface area contributed by atoms with Crippen LogP contribution < -0.4 is 0 Å². The Morgan fingerprint density at radius 2 is 0.919 bits per heavy atom. The monoisotopic (exact) mass is 818 g/mol. The Balaban J connectivity index is 0.825. The molecule has 62 heavy (non-hydrogen) atoms. The first-order valence-corrected chi connectivity index (χ1v) is 23.4. The topological polar surface area (TPSA) is 104 Å². The zero-order valence-electron chi connectivity index (χ0n) is 35.1. The number of hydrogen-bond donors (Lipinski definition) is 2. The highest BCUT2D eigenvalue weighted by Crippen LogP contribution is 2.59. The fourth-order valence-electron chi connectivity index (χ4n) is 13.8. The molecule has 10 heterocycles. The number of aromatic nitrogens is 4. The van der Waals surface area contributed by atoms with Gasteiger partial charge in [0.25, 0.3) is 0 Å². The van der Waals surface area contributed by atoms with E-state index in [4.69, 9.17) is 9.97 Å². The van der Waals surface area contributed by atoms with Gasteiger partial charge in [-0.1, -0.05) is 85.6 Å². The second-order valence-corrected chi connectivity index (χ2v) is 19.1. The summed E-state index contributed by atoms with van der Waals surface area (Å²) in [6.07, 6.45) is 14.9. The lowest BCUT2D eigenvalue weighted by molar-refractivity contribution is -0.0428. The Kier molecular flexibility index (Phi) is 7.56. The molecule has 310 valence electrons. The van der Waals surface area contributed by atoms with Crippen molar-refractivity contribution in [3.05, 3.63) is 119 Å². The number of imidazole rings is 2. The lowest BCUT2D eigenvalue weighted by Gasteiger charge is -2.48. The Hall–Kier alpha value is -5.52. The number of Topliss-reactive ketones (excluding diaryl/α,β-unsaturated/α-hetero) is 2. The Morgan fingerprint density at radius 1 is 0.500 bits per heavy atom. The first-order chi connectivity index (χ1) is 30.6. The van der Waals surface area contributed by atoms with Crippen molar-refractivity contribution in [2.75, 3.05) is 39.3 Å². The minimum absolute atomic E-state index is 0.174. The third-order valence-corrected chi connectivity index (χ3v) is 16.3. The van der Waals surface area contributed by atoms with Crippen LogP contribution in [0.1, 0.15) is 119 Å². The SMILES string of the molecule is O=C(c1ccc(-c2ccc(C(=O)C3(N4CCCCC4)c4ccc5c6cnc([nH]6)c5c4C4CCCN43)cc2)cc1)C1(N2CCCCC2)c2ccc3c4cnc([nH]4)c3c2C2CCCN21. The van der Waals surface area contributed by atoms with Crippen molar-refractivity contribution in [3.8, 4) is 11.1 Å². The van der Waals surface area contributed by atoms with E-state index in [-0.39, 0.29) is 23.7 Å². The Morgan fingerprint density at radius 3 is 1.34 bits per heavy atom. The lowest BCUT2D eigenvalue weighted by atomic mass is 9.84. The van der Waals surface area contributed by atoms with Crippen molar-refractivity contribution in [2.45, 2.75) is 87.6 Å². The van der Waals surface area contributed by atoms with E-state index in [2.05, 4.69) is 78.1 Å². The molecule has 0 saturated carbocycles. The van der Waals surface area contributed by atoms with Crippen molar-refractivity contribution >= 4 is 55.4 Å². The first kappa shape index (κ1) is 36.0. The van der Waals surface area contributed by atoms with E-state index in [9.17, 15) is 0 Å². The van der Waals surface area contributed by atoms with E-state index < -0.39 is 11.3 Å². The van der Waals surface area contributed by atoms with Crippen LogP contribution in [0.25, 0.3) is 55.0 Å². The third-order valence-electron chi connectivity index (χ3n) is 16.3. The van der Waals surface area contributed by atoms with E-state index in [1.54, 1.807) is 0 Å². The Bertz CT molecular complexity index is 2880. The quantitative estimate of drug-likeness (QED) is 0.153. The number of nitrogens with zero attached hydrogens (tertiary/aromatic N) is 6. The van der Waals surface area contributed by atoms with Gasteiger partial charge in [0.05, 0.1) is 23.4 Å². The van der Waals surface area contributed by atoms with Crippen LogP contribution in [0, 0.1) is 0 Å². The first-order valence-electron chi connectivity index (χ1n) is 23.4. The number of likely N-dealkylation sites (tertiary alicyclic amines) is 2. The number of fused-ring (bicyclic) bond motifs is 18. The van der Waals surface area contributed by atoms with E-state index in [0.29, 0.717) is 0 Å². The highest BCUT2D eigenvalue weighted by atomic mass is 16.1. The zero-order chi connectivity index (χ0) is 40.9. The molecule has 0 aliphatic carbocycles. The molecule has 0 amide bonds. The maximum atomic E-state index is 15.6. The summed E-state index contributed by atoms with van der Waals surface area (Å²) < 4.78 is 0. The minimum atomic E-state index is -0.843. The summed E-state index contributed by atoms with van der Waals surface area (Å²) in [6.45, 7) is 5.45. The number of benzene rings is 4. The fourth-order valence-corrected chi connectivity index (χ4v) is 13.8. The molecule has 8 aromatic rings. The van der Waals surface area contributed by atoms with Crippen molar-refractivity contribution in [1.29, 1.82) is 0 Å². The van der Waals surface area contributed by atoms with Crippen LogP contribution in [-0.4, -0.2) is 90.4 Å². The van der Waals surface area contributed by atoms with Crippen LogP contribution in [0.3, 0.4) is 0 Å². The second-order valence-electron chi connectivity index (χ2n) is 19.1. The number of piperidine rings is 2. The van der Waals surface area contributed by atoms with Gasteiger partial charge >= 0.3 is 0 Å². The van der Waals surface area contributed by atoms with Crippen molar-refractivity contribution in [1.82, 2.24) is 39.5 Å². The molecule has 4 aromatic heterocycles. The molecule has 2 N–H and O–H groups in total. The average Bonchev–Trinajstić information content (AvgIpc) is 4.20. The molecule has 6 aliphatic rings. The number of carbonyl (C=O) groups excluding carboxylic acids is 2. The van der Waals surface area contributed by atoms with Crippen LogP contribution in [0.2, 0.25) is 0 Å². The summed E-state index contributed by atoms with van der Waals surface area (Å²) in [5, 5.41) is 4.85. The fraction of sp³-hybridized carbons (Fsp3) is 0.385. The highest BCUT2D eigenvalue weighted by Gasteiger charge is 2.62. The molecule has 10 heteroatoms. The maximum absolute atomic E-state index is 15.6. The van der Waals surface area contributed by atoms with Gasteiger partial charge in [0, 0.05) is 95.2 Å². The zero-order valence-corrected chi connectivity index (χ0v) is 35.1. The minimum Gasteiger partial charge on any atom is -0.338 e. The standard InChI is InChI=1S/C52H50N8O2/c61-47(51(57-23-3-1-4-24-57)37-21-19-35-39-29-53-49(55-39)43(35)45(37)41-9-7-27-59(41)51)33-15-11-31(12-16-33)32-13-17-34(18-14-32)48(62)52(58-25-5-2-6-26-58)38-22-20-36-40-30-54-50(56-40)44(36)46(38)42-10-8-28-60(42)52/h11-22,29-30,41-42H,1-10,23-28H2,(H,53,55)(H,54,56). The van der Waals surface area contributed by atoms with Crippen LogP contribution in [-0.2, 0) is 11.3 Å². The molecular formula is C52H50N8O2. The van der Waals surface area contributed by atoms with Gasteiger partial charge in [-0.05, 0) is 73.6 Å². The number of hydrogen-bond acceptors (Lipinski definition) is 8. The largest absolute Gasteiger partial charge is 0.338 e. The average molecular weight is 819 g/mol. The molecule has 4 atom stereocenters. The van der Waals surface area contributed by atoms with Gasteiger partial charge in [-0.2, -0.15) is 0 Å². The summed E-state index contributed by atoms with van der Waals surface area (Å²) in [5.41, 5.74) is 10.8. The summed E-state index contributed by atoms with van der Waals surface area (Å²) in [4.78, 5) is 57.8. The van der Waals surface area contributed by atoms with Crippen LogP contribution in [0.5, 0.6) is 0 Å². The van der Waals surface area contributed by atoms with Crippen molar-refractivity contribution in [3.63, 3.8) is 0 Å². The van der Waals surface area contributed by atoms with E-state index in [0.717, 1.165) is 146 Å². The smallest absolute Gasteiger partial charge is 0.202 e. The van der Waals surface area contributed by atoms with Gasteiger partial charge in [0.2, 0.25) is 11.6 Å². The van der Waals surface area contributed by atoms with Crippen LogP contribution in [0.4, 0.5) is 0 Å². The lowest BCUT2D eigenvalue weighted by Crippen LogP contribution is -2.61. The molecule has 4 fully saturated rings. The number of nitrogens with one attached hydrogen (secondary N) is 2. The maximum Gasteiger partial charge on any atom is 0.202 e. The van der Waals surface area contributed by atoms with Gasteiger partial charge < -0.3 is 9.97 Å². The molecular weight excluding hydrogens is 769 g/mol. The van der Waals surface area contributed by atoms with Gasteiger partial charge in [-0.3, -0.25) is 29.2 Å². The molecule has 4 bridgehead atoms. The molecule has 4 saturated heterocycles. The molecule has 0 spiro atoms. The number of carbonyl (C=O) groups is 2. The number of ketones is 2. The normalized spacial score (nSPS) is 27.0. The van der Waals surface area contributed by atoms with E-state index >= 15 is 9.59 Å². The molecule has 10 nitrogen and oxygen atoms in total. The third kappa shape index (κ3) is 4.48. The summed E-state index contributed by atoms with van der Waals surface area (Å²) >= 11 is 0. The number of pyridine rings is 2. The highest BCUT2D eigenvalue weighted by molar-refractivity contribution is 6.13. The van der Waals surface area contributed by atoms with Crippen LogP contribution >= 0.6 is 0 Å². The van der Waals surface area contributed by atoms with Gasteiger partial charge in [0.15, 0.2) is 11.3 Å². The predicted molar refractivity (Wildman–Crippen MR) is 242 cm³/mol. The summed E-state index contributed by atoms with van der Waals surface area (Å²) in [6, 6.07) is 26.0. The van der Waals surface area contributed by atoms with Gasteiger partial charge in [-0.25, -0.2) is 9.97 Å². The van der Waals surface area contributed by atoms with E-state index in [1.807, 2.05) is 36.7 Å². The number of aromatic amines is 2. The van der Waals surface area contributed by atoms with Crippen LogP contribution in [0.15, 0.2) is 85.2 Å². The molecule has 14 rings (SSSR count). The predicted octanol–water partition coefficient (Wildman–Crippen LogP) is 9.63. The molecule has 4 aromatic carbocycles. The number of H-pyrrole nitrogens is 2. The van der Waals surface area contributed by atoms with Gasteiger partial charge in [-0.15, -0.1) is 0 Å². The van der Waals surface area contributed by atoms with Crippen molar-refractivity contribution < 1.29 is 9.59 Å². The van der Waals surface area contributed by atoms with Crippen molar-refractivity contribution in [2.24, 2.45) is 0 Å².